The fourth-order valence-electron chi connectivity index (χ4n) is 3.01. The van der Waals surface area contributed by atoms with Crippen molar-refractivity contribution in [2.75, 3.05) is 6.54 Å². The molecule has 4 nitrogen and oxygen atoms in total. The first-order chi connectivity index (χ1) is 10.1. The van der Waals surface area contributed by atoms with E-state index in [4.69, 9.17) is 11.6 Å². The summed E-state index contributed by atoms with van der Waals surface area (Å²) in [6.07, 6.45) is 4.51. The molecule has 0 saturated heterocycles. The lowest BCUT2D eigenvalue weighted by molar-refractivity contribution is -0.121. The molecule has 2 atom stereocenters. The number of aromatic nitrogens is 1. The van der Waals surface area contributed by atoms with Crippen LogP contribution in [0.1, 0.15) is 19.3 Å². The molecule has 1 heterocycles. The summed E-state index contributed by atoms with van der Waals surface area (Å²) >= 11 is 6.01. The molecule has 21 heavy (non-hydrogen) atoms. The van der Waals surface area contributed by atoms with Gasteiger partial charge in [-0.2, -0.15) is 0 Å². The Morgan fingerprint density at radius 1 is 1.38 bits per heavy atom. The second kappa shape index (κ2) is 6.08. The number of carbonyl (C=O) groups is 1. The van der Waals surface area contributed by atoms with Crippen LogP contribution in [-0.4, -0.2) is 28.2 Å². The maximum atomic E-state index is 12.1. The van der Waals surface area contributed by atoms with Crippen LogP contribution in [0.4, 0.5) is 0 Å². The van der Waals surface area contributed by atoms with E-state index in [1.807, 2.05) is 35.0 Å². The van der Waals surface area contributed by atoms with E-state index in [9.17, 15) is 9.90 Å². The Labute approximate surface area is 128 Å². The van der Waals surface area contributed by atoms with Crippen LogP contribution < -0.4 is 5.32 Å². The van der Waals surface area contributed by atoms with Gasteiger partial charge in [-0.3, -0.25) is 4.79 Å². The number of hydrogen-bond donors (Lipinski definition) is 2. The molecule has 1 aromatic carbocycles. The Hall–Kier alpha value is -1.52. The normalized spacial score (nSPS) is 21.8. The van der Waals surface area contributed by atoms with Gasteiger partial charge in [0.15, 0.2) is 0 Å². The minimum absolute atomic E-state index is 0.0356. The summed E-state index contributed by atoms with van der Waals surface area (Å²) < 4.78 is 1.89. The van der Waals surface area contributed by atoms with Crippen LogP contribution in [0.3, 0.4) is 0 Å². The molecule has 112 valence electrons. The maximum absolute atomic E-state index is 12.1. The predicted octanol–water partition coefficient (Wildman–Crippen LogP) is 2.57. The molecule has 1 amide bonds. The van der Waals surface area contributed by atoms with E-state index in [0.717, 1.165) is 30.2 Å². The standard InChI is InChI=1S/C16H19ClN2O2/c17-13-5-4-11-6-7-19(14(11)8-13)10-16(21)18-9-12-2-1-3-15(12)20/h4-8,12,15,20H,1-3,9-10H2,(H,18,21). The monoisotopic (exact) mass is 306 g/mol. The van der Waals surface area contributed by atoms with Crippen molar-refractivity contribution in [1.82, 2.24) is 9.88 Å². The lowest BCUT2D eigenvalue weighted by Crippen LogP contribution is -2.34. The molecule has 0 aliphatic heterocycles. The minimum atomic E-state index is -0.267. The second-order valence-corrected chi connectivity index (χ2v) is 6.15. The highest BCUT2D eigenvalue weighted by atomic mass is 35.5. The van der Waals surface area contributed by atoms with Gasteiger partial charge in [-0.1, -0.05) is 24.1 Å². The molecular weight excluding hydrogens is 288 g/mol. The zero-order valence-corrected chi connectivity index (χ0v) is 12.5. The summed E-state index contributed by atoms with van der Waals surface area (Å²) in [6.45, 7) is 0.826. The van der Waals surface area contributed by atoms with Crippen LogP contribution >= 0.6 is 11.6 Å². The maximum Gasteiger partial charge on any atom is 0.239 e. The number of rotatable bonds is 4. The third-order valence-corrected chi connectivity index (χ3v) is 4.47. The molecule has 2 N–H and O–H groups in total. The quantitative estimate of drug-likeness (QED) is 0.912. The number of nitrogens with zero attached hydrogens (tertiary/aromatic N) is 1. The molecule has 2 unspecified atom stereocenters. The predicted molar refractivity (Wildman–Crippen MR) is 83.3 cm³/mol. The Morgan fingerprint density at radius 2 is 2.24 bits per heavy atom. The summed E-state index contributed by atoms with van der Waals surface area (Å²) in [5, 5.41) is 14.4. The number of hydrogen-bond acceptors (Lipinski definition) is 2. The average molecular weight is 307 g/mol. The van der Waals surface area contributed by atoms with Gasteiger partial charge in [-0.25, -0.2) is 0 Å². The number of aliphatic hydroxyl groups excluding tert-OH is 1. The first kappa shape index (κ1) is 14.4. The number of amides is 1. The van der Waals surface area contributed by atoms with Gasteiger partial charge in [0.2, 0.25) is 5.91 Å². The Kier molecular flexibility index (Phi) is 4.17. The van der Waals surface area contributed by atoms with E-state index in [0.29, 0.717) is 11.6 Å². The average Bonchev–Trinajstić information content (AvgIpc) is 3.03. The van der Waals surface area contributed by atoms with E-state index in [1.165, 1.54) is 0 Å². The fraction of sp³-hybridized carbons (Fsp3) is 0.438. The van der Waals surface area contributed by atoms with Crippen LogP contribution in [0.5, 0.6) is 0 Å². The second-order valence-electron chi connectivity index (χ2n) is 5.71. The van der Waals surface area contributed by atoms with E-state index in [-0.39, 0.29) is 24.5 Å². The molecule has 0 bridgehead atoms. The van der Waals surface area contributed by atoms with Gasteiger partial charge in [-0.15, -0.1) is 0 Å². The third kappa shape index (κ3) is 3.22. The van der Waals surface area contributed by atoms with Crippen LogP contribution in [0.2, 0.25) is 5.02 Å². The number of fused-ring (bicyclic) bond motifs is 1. The van der Waals surface area contributed by atoms with Crippen molar-refractivity contribution in [1.29, 1.82) is 0 Å². The lowest BCUT2D eigenvalue weighted by atomic mass is 10.1. The van der Waals surface area contributed by atoms with Crippen molar-refractivity contribution in [3.63, 3.8) is 0 Å². The van der Waals surface area contributed by atoms with E-state index < -0.39 is 0 Å². The highest BCUT2D eigenvalue weighted by molar-refractivity contribution is 6.31. The Morgan fingerprint density at radius 3 is 3.00 bits per heavy atom. The molecule has 0 spiro atoms. The summed E-state index contributed by atoms with van der Waals surface area (Å²) in [6, 6.07) is 7.63. The molecule has 1 aromatic heterocycles. The number of carbonyl (C=O) groups excluding carboxylic acids is 1. The minimum Gasteiger partial charge on any atom is -0.393 e. The summed E-state index contributed by atoms with van der Waals surface area (Å²) in [4.78, 5) is 12.1. The number of aliphatic hydroxyl groups is 1. The van der Waals surface area contributed by atoms with Crippen molar-refractivity contribution in [3.05, 3.63) is 35.5 Å². The summed E-state index contributed by atoms with van der Waals surface area (Å²) in [7, 11) is 0. The van der Waals surface area contributed by atoms with Gasteiger partial charge < -0.3 is 15.0 Å². The zero-order valence-electron chi connectivity index (χ0n) is 11.8. The van der Waals surface area contributed by atoms with Crippen molar-refractivity contribution in [2.45, 2.75) is 31.9 Å². The SMILES string of the molecule is O=C(Cn1ccc2ccc(Cl)cc21)NCC1CCCC1O. The molecule has 1 saturated carbocycles. The number of benzene rings is 1. The van der Waals surface area contributed by atoms with E-state index >= 15 is 0 Å². The third-order valence-electron chi connectivity index (χ3n) is 4.23. The van der Waals surface area contributed by atoms with Gasteiger partial charge in [0, 0.05) is 29.2 Å². The highest BCUT2D eigenvalue weighted by Gasteiger charge is 2.25. The fourth-order valence-corrected chi connectivity index (χ4v) is 3.17. The molecule has 1 aliphatic rings. The largest absolute Gasteiger partial charge is 0.393 e. The Balaban J connectivity index is 1.62. The smallest absolute Gasteiger partial charge is 0.239 e. The van der Waals surface area contributed by atoms with Crippen LogP contribution in [0.25, 0.3) is 10.9 Å². The van der Waals surface area contributed by atoms with Crippen molar-refractivity contribution in [2.24, 2.45) is 5.92 Å². The van der Waals surface area contributed by atoms with Crippen molar-refractivity contribution < 1.29 is 9.90 Å². The molecule has 0 radical (unpaired) electrons. The van der Waals surface area contributed by atoms with Gasteiger partial charge in [-0.05, 0) is 36.4 Å². The van der Waals surface area contributed by atoms with E-state index in [1.54, 1.807) is 0 Å². The molecule has 2 aromatic rings. The topological polar surface area (TPSA) is 54.3 Å². The molecule has 1 fully saturated rings. The molecule has 3 rings (SSSR count). The first-order valence-electron chi connectivity index (χ1n) is 7.32. The highest BCUT2D eigenvalue weighted by Crippen LogP contribution is 2.24. The van der Waals surface area contributed by atoms with Gasteiger partial charge >= 0.3 is 0 Å². The zero-order chi connectivity index (χ0) is 14.8. The van der Waals surface area contributed by atoms with Crippen molar-refractivity contribution >= 4 is 28.4 Å². The van der Waals surface area contributed by atoms with Crippen LogP contribution in [-0.2, 0) is 11.3 Å². The summed E-state index contributed by atoms with van der Waals surface area (Å²) in [5.41, 5.74) is 0.957. The first-order valence-corrected chi connectivity index (χ1v) is 7.70. The van der Waals surface area contributed by atoms with Gasteiger partial charge in [0.1, 0.15) is 6.54 Å². The summed E-state index contributed by atoms with van der Waals surface area (Å²) in [5.74, 6) is 0.163. The molecular formula is C16H19ClN2O2. The molecule has 5 heteroatoms. The number of halogens is 1. The van der Waals surface area contributed by atoms with Crippen LogP contribution in [0, 0.1) is 5.92 Å². The number of nitrogens with one attached hydrogen (secondary N) is 1. The van der Waals surface area contributed by atoms with Gasteiger partial charge in [0.25, 0.3) is 0 Å². The lowest BCUT2D eigenvalue weighted by Gasteiger charge is -2.15. The van der Waals surface area contributed by atoms with E-state index in [2.05, 4.69) is 5.32 Å². The van der Waals surface area contributed by atoms with Crippen molar-refractivity contribution in [3.8, 4) is 0 Å². The molecule has 1 aliphatic carbocycles. The van der Waals surface area contributed by atoms with Crippen LogP contribution in [0.15, 0.2) is 30.5 Å². The van der Waals surface area contributed by atoms with Gasteiger partial charge in [0.05, 0.1) is 6.10 Å². The Bertz CT molecular complexity index is 653.